The number of rotatable bonds is 1. The zero-order chi connectivity index (χ0) is 19.7. The molecule has 2 aromatic heterocycles. The molecule has 0 radical (unpaired) electrons. The number of H-pyrrole nitrogens is 1. The SMILES string of the molecule is c1ccc(-n2c3ccccc3c3c4ccccc4c4[nH]c5ccccc5c4c32)cc1. The fourth-order valence-corrected chi connectivity index (χ4v) is 5.10. The van der Waals surface area contributed by atoms with E-state index in [9.17, 15) is 0 Å². The first-order valence-corrected chi connectivity index (χ1v) is 10.3. The lowest BCUT2D eigenvalue weighted by Gasteiger charge is -2.10. The minimum atomic E-state index is 1.18. The van der Waals surface area contributed by atoms with E-state index in [2.05, 4.69) is 113 Å². The van der Waals surface area contributed by atoms with Crippen LogP contribution >= 0.6 is 0 Å². The van der Waals surface area contributed by atoms with Gasteiger partial charge in [-0.3, -0.25) is 0 Å². The van der Waals surface area contributed by atoms with Gasteiger partial charge in [-0.2, -0.15) is 0 Å². The van der Waals surface area contributed by atoms with E-state index in [1.54, 1.807) is 0 Å². The Kier molecular flexibility index (Phi) is 3.03. The molecule has 2 heterocycles. The van der Waals surface area contributed by atoms with Gasteiger partial charge in [0.2, 0.25) is 0 Å². The summed E-state index contributed by atoms with van der Waals surface area (Å²) in [5.41, 5.74) is 6.08. The van der Waals surface area contributed by atoms with E-state index in [0.717, 1.165) is 0 Å². The fourth-order valence-electron chi connectivity index (χ4n) is 5.10. The number of aromatic nitrogens is 2. The molecule has 2 nitrogen and oxygen atoms in total. The Bertz CT molecular complexity index is 1730. The summed E-state index contributed by atoms with van der Waals surface area (Å²) < 4.78 is 2.43. The molecule has 1 N–H and O–H groups in total. The van der Waals surface area contributed by atoms with E-state index in [0.29, 0.717) is 0 Å². The quantitative estimate of drug-likeness (QED) is 0.302. The van der Waals surface area contributed by atoms with Gasteiger partial charge in [0.05, 0.1) is 16.6 Å². The zero-order valence-corrected chi connectivity index (χ0v) is 16.3. The van der Waals surface area contributed by atoms with Crippen LogP contribution < -0.4 is 0 Å². The Morgan fingerprint density at radius 1 is 0.500 bits per heavy atom. The number of nitrogens with one attached hydrogen (secondary N) is 1. The van der Waals surface area contributed by atoms with Crippen LogP contribution in [0.4, 0.5) is 0 Å². The molecule has 0 unspecified atom stereocenters. The molecule has 7 aromatic rings. The Hall–Kier alpha value is -4.04. The van der Waals surface area contributed by atoms with Crippen molar-refractivity contribution in [1.29, 1.82) is 0 Å². The number of hydrogen-bond donors (Lipinski definition) is 1. The summed E-state index contributed by atoms with van der Waals surface area (Å²) in [6.07, 6.45) is 0. The smallest absolute Gasteiger partial charge is 0.0647 e. The largest absolute Gasteiger partial charge is 0.354 e. The molecule has 0 amide bonds. The summed E-state index contributed by atoms with van der Waals surface area (Å²) >= 11 is 0. The van der Waals surface area contributed by atoms with E-state index in [1.807, 2.05) is 0 Å². The zero-order valence-electron chi connectivity index (χ0n) is 16.3. The van der Waals surface area contributed by atoms with Crippen LogP contribution in [0.2, 0.25) is 0 Å². The van der Waals surface area contributed by atoms with Gasteiger partial charge in [-0.1, -0.05) is 78.9 Å². The third-order valence-electron chi connectivity index (χ3n) is 6.30. The van der Waals surface area contributed by atoms with E-state index in [-0.39, 0.29) is 0 Å². The van der Waals surface area contributed by atoms with Gasteiger partial charge in [0.25, 0.3) is 0 Å². The van der Waals surface area contributed by atoms with Crippen molar-refractivity contribution in [3.63, 3.8) is 0 Å². The van der Waals surface area contributed by atoms with Crippen molar-refractivity contribution >= 4 is 54.4 Å². The highest BCUT2D eigenvalue weighted by molar-refractivity contribution is 6.36. The van der Waals surface area contributed by atoms with Crippen LogP contribution in [0, 0.1) is 0 Å². The van der Waals surface area contributed by atoms with Crippen LogP contribution in [0.25, 0.3) is 60.1 Å². The highest BCUT2D eigenvalue weighted by Gasteiger charge is 2.20. The van der Waals surface area contributed by atoms with Gasteiger partial charge >= 0.3 is 0 Å². The molecule has 30 heavy (non-hydrogen) atoms. The fraction of sp³-hybridized carbons (Fsp3) is 0. The van der Waals surface area contributed by atoms with E-state index >= 15 is 0 Å². The van der Waals surface area contributed by atoms with Crippen molar-refractivity contribution in [2.24, 2.45) is 0 Å². The Labute approximate surface area is 173 Å². The molecule has 0 bridgehead atoms. The summed E-state index contributed by atoms with van der Waals surface area (Å²) in [5, 5.41) is 7.73. The van der Waals surface area contributed by atoms with E-state index in [1.165, 1.54) is 60.1 Å². The first kappa shape index (κ1) is 15.8. The highest BCUT2D eigenvalue weighted by atomic mass is 15.0. The third-order valence-corrected chi connectivity index (χ3v) is 6.30. The number of para-hydroxylation sites is 3. The van der Waals surface area contributed by atoms with Crippen LogP contribution in [-0.2, 0) is 0 Å². The summed E-state index contributed by atoms with van der Waals surface area (Å²) in [6.45, 7) is 0. The minimum absolute atomic E-state index is 1.18. The van der Waals surface area contributed by atoms with Crippen molar-refractivity contribution < 1.29 is 0 Å². The number of fused-ring (bicyclic) bond motifs is 10. The summed E-state index contributed by atoms with van der Waals surface area (Å²) in [6, 6.07) is 36.9. The van der Waals surface area contributed by atoms with Crippen molar-refractivity contribution in [3.8, 4) is 5.69 Å². The van der Waals surface area contributed by atoms with Crippen LogP contribution in [0.15, 0.2) is 103 Å². The molecule has 140 valence electrons. The number of hydrogen-bond acceptors (Lipinski definition) is 0. The lowest BCUT2D eigenvalue weighted by Crippen LogP contribution is -1.93. The van der Waals surface area contributed by atoms with Gasteiger partial charge in [-0.15, -0.1) is 0 Å². The summed E-state index contributed by atoms with van der Waals surface area (Å²) in [5.74, 6) is 0. The summed E-state index contributed by atoms with van der Waals surface area (Å²) in [7, 11) is 0. The van der Waals surface area contributed by atoms with Gasteiger partial charge in [0.1, 0.15) is 0 Å². The standard InChI is InChI=1S/C28H18N2/c1-2-10-18(11-3-1)30-24-17-9-7-15-22(24)25-19-12-4-5-13-20(19)27-26(28(25)30)21-14-6-8-16-23(21)29-27/h1-17,29H. The van der Waals surface area contributed by atoms with Crippen molar-refractivity contribution in [2.45, 2.75) is 0 Å². The average molecular weight is 382 g/mol. The third kappa shape index (κ3) is 1.93. The van der Waals surface area contributed by atoms with Crippen LogP contribution in [-0.4, -0.2) is 9.55 Å². The number of nitrogens with zero attached hydrogens (tertiary/aromatic N) is 1. The lowest BCUT2D eigenvalue weighted by molar-refractivity contribution is 1.19. The van der Waals surface area contributed by atoms with Crippen LogP contribution in [0.5, 0.6) is 0 Å². The first-order valence-electron chi connectivity index (χ1n) is 10.3. The highest BCUT2D eigenvalue weighted by Crippen LogP contribution is 2.44. The van der Waals surface area contributed by atoms with Gasteiger partial charge in [0.15, 0.2) is 0 Å². The molecule has 0 saturated carbocycles. The van der Waals surface area contributed by atoms with Gasteiger partial charge in [0, 0.05) is 38.1 Å². The van der Waals surface area contributed by atoms with E-state index in [4.69, 9.17) is 0 Å². The molecule has 0 atom stereocenters. The van der Waals surface area contributed by atoms with Crippen molar-refractivity contribution in [2.75, 3.05) is 0 Å². The van der Waals surface area contributed by atoms with E-state index < -0.39 is 0 Å². The van der Waals surface area contributed by atoms with Crippen LogP contribution in [0.3, 0.4) is 0 Å². The van der Waals surface area contributed by atoms with Gasteiger partial charge in [-0.25, -0.2) is 0 Å². The van der Waals surface area contributed by atoms with Gasteiger partial charge in [-0.05, 0) is 29.7 Å². The molecular weight excluding hydrogens is 364 g/mol. The predicted molar refractivity (Wildman–Crippen MR) is 128 cm³/mol. The molecule has 0 aliphatic rings. The monoisotopic (exact) mass is 382 g/mol. The molecular formula is C28H18N2. The van der Waals surface area contributed by atoms with Crippen molar-refractivity contribution in [1.82, 2.24) is 9.55 Å². The van der Waals surface area contributed by atoms with Gasteiger partial charge < -0.3 is 9.55 Å². The molecule has 0 aliphatic heterocycles. The summed E-state index contributed by atoms with van der Waals surface area (Å²) in [4.78, 5) is 3.72. The molecule has 5 aromatic carbocycles. The molecule has 2 heteroatoms. The normalized spacial score (nSPS) is 12.0. The lowest BCUT2D eigenvalue weighted by atomic mass is 9.99. The second-order valence-corrected chi connectivity index (χ2v) is 7.88. The average Bonchev–Trinajstić information content (AvgIpc) is 3.36. The first-order chi connectivity index (χ1) is 14.9. The Morgan fingerprint density at radius 2 is 1.13 bits per heavy atom. The maximum atomic E-state index is 3.72. The van der Waals surface area contributed by atoms with Crippen LogP contribution in [0.1, 0.15) is 0 Å². The number of aromatic amines is 1. The second kappa shape index (κ2) is 5.74. The molecule has 0 fully saturated rings. The molecule has 0 spiro atoms. The molecule has 0 aliphatic carbocycles. The maximum Gasteiger partial charge on any atom is 0.0647 e. The topological polar surface area (TPSA) is 20.7 Å². The second-order valence-electron chi connectivity index (χ2n) is 7.88. The Balaban J connectivity index is 1.91. The number of benzene rings is 5. The minimum Gasteiger partial charge on any atom is -0.354 e. The molecule has 0 saturated heterocycles. The Morgan fingerprint density at radius 3 is 1.97 bits per heavy atom. The van der Waals surface area contributed by atoms with Crippen molar-refractivity contribution in [3.05, 3.63) is 103 Å². The molecule has 7 rings (SSSR count). The predicted octanol–water partition coefficient (Wildman–Crippen LogP) is 7.57. The maximum absolute atomic E-state index is 3.72.